The third kappa shape index (κ3) is 4.49. The zero-order valence-electron chi connectivity index (χ0n) is 16.2. The highest BCUT2D eigenvalue weighted by Gasteiger charge is 2.38. The van der Waals surface area contributed by atoms with Crippen molar-refractivity contribution in [3.05, 3.63) is 106 Å². The summed E-state index contributed by atoms with van der Waals surface area (Å²) in [6.45, 7) is 0.134. The number of hydrogen-bond acceptors (Lipinski definition) is 3. The Bertz CT molecular complexity index is 1160. The molecule has 0 spiro atoms. The predicted molar refractivity (Wildman–Crippen MR) is 115 cm³/mol. The van der Waals surface area contributed by atoms with Crippen LogP contribution in [-0.4, -0.2) is 23.3 Å². The van der Waals surface area contributed by atoms with Crippen molar-refractivity contribution in [2.75, 3.05) is 11.9 Å². The summed E-state index contributed by atoms with van der Waals surface area (Å²) in [6.07, 6.45) is 0.384. The summed E-state index contributed by atoms with van der Waals surface area (Å²) >= 11 is 5.97. The molecular weight excluding hydrogens is 422 g/mol. The number of benzene rings is 3. The average Bonchev–Trinajstić information content (AvgIpc) is 2.99. The maximum atomic E-state index is 13.3. The largest absolute Gasteiger partial charge is 0.350 e. The number of rotatable bonds is 6. The van der Waals surface area contributed by atoms with E-state index in [1.165, 1.54) is 36.4 Å². The van der Waals surface area contributed by atoms with Gasteiger partial charge >= 0.3 is 0 Å². The van der Waals surface area contributed by atoms with Gasteiger partial charge in [0.25, 0.3) is 11.8 Å². The highest BCUT2D eigenvalue weighted by molar-refractivity contribution is 6.36. The Morgan fingerprint density at radius 3 is 1.97 bits per heavy atom. The van der Waals surface area contributed by atoms with Crippen molar-refractivity contribution in [2.45, 2.75) is 6.42 Å². The van der Waals surface area contributed by atoms with Crippen molar-refractivity contribution in [1.82, 2.24) is 4.90 Å². The lowest BCUT2D eigenvalue weighted by Gasteiger charge is -2.15. The Balaban J connectivity index is 1.64. The number of nitrogens with zero attached hydrogens (tertiary/aromatic N) is 1. The fourth-order valence-electron chi connectivity index (χ4n) is 3.35. The Morgan fingerprint density at radius 1 is 0.774 bits per heavy atom. The predicted octanol–water partition coefficient (Wildman–Crippen LogP) is 5.05. The van der Waals surface area contributed by atoms with E-state index in [0.29, 0.717) is 22.7 Å². The van der Waals surface area contributed by atoms with E-state index in [1.807, 2.05) is 0 Å². The number of anilines is 1. The molecule has 4 nitrogen and oxygen atoms in total. The van der Waals surface area contributed by atoms with E-state index < -0.39 is 17.6 Å². The molecule has 3 aromatic carbocycles. The maximum Gasteiger partial charge on any atom is 0.278 e. The molecule has 0 aliphatic carbocycles. The van der Waals surface area contributed by atoms with Gasteiger partial charge < -0.3 is 5.32 Å². The summed E-state index contributed by atoms with van der Waals surface area (Å²) in [4.78, 5) is 27.5. The van der Waals surface area contributed by atoms with Crippen LogP contribution in [0.1, 0.15) is 11.1 Å². The minimum absolute atomic E-state index is 0.109. The van der Waals surface area contributed by atoms with Crippen LogP contribution in [0.15, 0.2) is 78.5 Å². The number of carbonyl (C=O) groups is 2. The molecule has 0 bridgehead atoms. The molecule has 4 rings (SSSR count). The molecular formula is C24H17ClF2N2O2. The first-order chi connectivity index (χ1) is 14.9. The van der Waals surface area contributed by atoms with E-state index in [-0.39, 0.29) is 23.6 Å². The van der Waals surface area contributed by atoms with Crippen LogP contribution < -0.4 is 5.32 Å². The van der Waals surface area contributed by atoms with Gasteiger partial charge in [0.2, 0.25) is 0 Å². The van der Waals surface area contributed by atoms with E-state index in [9.17, 15) is 18.4 Å². The van der Waals surface area contributed by atoms with Gasteiger partial charge in [-0.25, -0.2) is 8.78 Å². The highest BCUT2D eigenvalue weighted by atomic mass is 35.5. The lowest BCUT2D eigenvalue weighted by Crippen LogP contribution is -2.34. The molecule has 0 radical (unpaired) electrons. The Morgan fingerprint density at radius 2 is 1.35 bits per heavy atom. The Hall–Kier alpha value is -3.51. The van der Waals surface area contributed by atoms with Crippen molar-refractivity contribution in [3.63, 3.8) is 0 Å². The lowest BCUT2D eigenvalue weighted by atomic mass is 10.0. The van der Waals surface area contributed by atoms with Gasteiger partial charge in [0.1, 0.15) is 17.3 Å². The molecule has 31 heavy (non-hydrogen) atoms. The molecule has 0 saturated heterocycles. The number of halogens is 3. The quantitative estimate of drug-likeness (QED) is 0.548. The van der Waals surface area contributed by atoms with E-state index in [1.54, 1.807) is 36.4 Å². The summed E-state index contributed by atoms with van der Waals surface area (Å²) in [7, 11) is 0. The standard InChI is InChI=1S/C24H17ClF2N2O2/c25-17-5-3-16(4-6-17)21-22(28-20-11-9-19(27)10-12-20)24(31)29(23(21)30)14-13-15-1-7-18(26)8-2-15/h1-12,28H,13-14H2. The molecule has 0 saturated carbocycles. The summed E-state index contributed by atoms with van der Waals surface area (Å²) in [5.74, 6) is -1.69. The van der Waals surface area contributed by atoms with Gasteiger partial charge in [-0.2, -0.15) is 0 Å². The highest BCUT2D eigenvalue weighted by Crippen LogP contribution is 2.31. The monoisotopic (exact) mass is 438 g/mol. The van der Waals surface area contributed by atoms with Crippen LogP contribution >= 0.6 is 11.6 Å². The zero-order chi connectivity index (χ0) is 22.0. The number of amides is 2. The van der Waals surface area contributed by atoms with Crippen LogP contribution in [0.5, 0.6) is 0 Å². The molecule has 0 atom stereocenters. The number of carbonyl (C=O) groups excluding carboxylic acids is 2. The van der Waals surface area contributed by atoms with E-state index in [4.69, 9.17) is 11.6 Å². The van der Waals surface area contributed by atoms with Gasteiger partial charge in [0.05, 0.1) is 5.57 Å². The van der Waals surface area contributed by atoms with Crippen molar-refractivity contribution >= 4 is 34.7 Å². The van der Waals surface area contributed by atoms with Gasteiger partial charge in [-0.1, -0.05) is 35.9 Å². The molecule has 1 heterocycles. The van der Waals surface area contributed by atoms with E-state index in [0.717, 1.165) is 10.5 Å². The molecule has 1 aliphatic heterocycles. The van der Waals surface area contributed by atoms with E-state index >= 15 is 0 Å². The second kappa shape index (κ2) is 8.70. The van der Waals surface area contributed by atoms with Crippen molar-refractivity contribution in [2.24, 2.45) is 0 Å². The first kappa shape index (κ1) is 20.8. The van der Waals surface area contributed by atoms with Gasteiger partial charge in [-0.05, 0) is 66.1 Å². The molecule has 2 amide bonds. The normalized spacial score (nSPS) is 13.8. The van der Waals surface area contributed by atoms with Crippen LogP contribution in [0, 0.1) is 11.6 Å². The van der Waals surface area contributed by atoms with Gasteiger partial charge in [-0.3, -0.25) is 14.5 Å². The molecule has 0 aromatic heterocycles. The van der Waals surface area contributed by atoms with Crippen LogP contribution in [0.4, 0.5) is 14.5 Å². The van der Waals surface area contributed by atoms with Crippen LogP contribution in [0.2, 0.25) is 5.02 Å². The molecule has 0 fully saturated rings. The van der Waals surface area contributed by atoms with Crippen LogP contribution in [0.3, 0.4) is 0 Å². The summed E-state index contributed by atoms with van der Waals surface area (Å²) in [5.41, 5.74) is 2.14. The fourth-order valence-corrected chi connectivity index (χ4v) is 3.47. The smallest absolute Gasteiger partial charge is 0.278 e. The summed E-state index contributed by atoms with van der Waals surface area (Å²) in [6, 6.07) is 18.0. The second-order valence-corrected chi connectivity index (χ2v) is 7.46. The minimum Gasteiger partial charge on any atom is -0.350 e. The summed E-state index contributed by atoms with van der Waals surface area (Å²) in [5, 5.41) is 3.47. The number of nitrogens with one attached hydrogen (secondary N) is 1. The second-order valence-electron chi connectivity index (χ2n) is 7.03. The number of hydrogen-bond donors (Lipinski definition) is 1. The first-order valence-corrected chi connectivity index (χ1v) is 9.93. The zero-order valence-corrected chi connectivity index (χ0v) is 17.0. The summed E-state index contributed by atoms with van der Waals surface area (Å²) < 4.78 is 26.4. The molecule has 156 valence electrons. The molecule has 1 N–H and O–H groups in total. The van der Waals surface area contributed by atoms with Crippen LogP contribution in [-0.2, 0) is 16.0 Å². The third-order valence-corrected chi connectivity index (χ3v) is 5.20. The molecule has 3 aromatic rings. The first-order valence-electron chi connectivity index (χ1n) is 9.56. The third-order valence-electron chi connectivity index (χ3n) is 4.95. The van der Waals surface area contributed by atoms with Gasteiger partial charge in [0, 0.05) is 17.3 Å². The van der Waals surface area contributed by atoms with Gasteiger partial charge in [0.15, 0.2) is 0 Å². The lowest BCUT2D eigenvalue weighted by molar-refractivity contribution is -0.136. The van der Waals surface area contributed by atoms with E-state index in [2.05, 4.69) is 5.32 Å². The van der Waals surface area contributed by atoms with Gasteiger partial charge in [-0.15, -0.1) is 0 Å². The fraction of sp³-hybridized carbons (Fsp3) is 0.0833. The average molecular weight is 439 g/mol. The molecule has 0 unspecified atom stereocenters. The van der Waals surface area contributed by atoms with Crippen molar-refractivity contribution < 1.29 is 18.4 Å². The Labute approximate surface area is 182 Å². The molecule has 1 aliphatic rings. The van der Waals surface area contributed by atoms with Crippen LogP contribution in [0.25, 0.3) is 5.57 Å². The SMILES string of the molecule is O=C1C(Nc2ccc(F)cc2)=C(c2ccc(Cl)cc2)C(=O)N1CCc1ccc(F)cc1. The molecule has 7 heteroatoms. The minimum atomic E-state index is -0.485. The van der Waals surface area contributed by atoms with Crippen molar-refractivity contribution in [1.29, 1.82) is 0 Å². The van der Waals surface area contributed by atoms with Crippen molar-refractivity contribution in [3.8, 4) is 0 Å². The number of imide groups is 1. The topological polar surface area (TPSA) is 49.4 Å². The Kier molecular flexibility index (Phi) is 5.82. The maximum absolute atomic E-state index is 13.3.